The van der Waals surface area contributed by atoms with Gasteiger partial charge in [-0.25, -0.2) is 19.9 Å². The summed E-state index contributed by atoms with van der Waals surface area (Å²) in [6.45, 7) is 0. The van der Waals surface area contributed by atoms with Gasteiger partial charge in [-0.3, -0.25) is 4.84 Å². The number of hydrogen-bond donors (Lipinski definition) is 1. The maximum atomic E-state index is 5.73. The predicted molar refractivity (Wildman–Crippen MR) is 178 cm³/mol. The van der Waals surface area contributed by atoms with Crippen molar-refractivity contribution in [1.29, 1.82) is 0 Å². The molecule has 0 unspecified atom stereocenters. The van der Waals surface area contributed by atoms with Crippen LogP contribution in [0.4, 0.5) is 5.69 Å². The first-order valence-corrected chi connectivity index (χ1v) is 14.7. The smallest absolute Gasteiger partial charge is 0.210 e. The lowest BCUT2D eigenvalue weighted by Crippen LogP contribution is -3.00. The summed E-state index contributed by atoms with van der Waals surface area (Å²) in [6.07, 6.45) is 1.94. The molecule has 0 saturated heterocycles. The van der Waals surface area contributed by atoms with Gasteiger partial charge in [0.2, 0.25) is 5.69 Å². The highest BCUT2D eigenvalue weighted by molar-refractivity contribution is 6.23. The van der Waals surface area contributed by atoms with E-state index < -0.39 is 0 Å². The number of H-pyrrole nitrogens is 1. The molecule has 0 spiro atoms. The van der Waals surface area contributed by atoms with E-state index in [0.29, 0.717) is 17.5 Å². The number of benzene rings is 5. The lowest BCUT2D eigenvalue weighted by Gasteiger charge is -2.10. The standard InChI is InChI=1S/C38H26ClN5.ClH/c39-44-34-20-17-28(18-21-34)35-22-19-33(25-40-35)38-42-36(31-15-7-13-29(23-31)26-9-3-1-4-10-26)41-37(43-38)32-16-8-14-30(24-32)27-11-5-2-6-12-27;/h1-25,44H;1H. The van der Waals surface area contributed by atoms with Gasteiger partial charge in [0.05, 0.1) is 5.56 Å². The van der Waals surface area contributed by atoms with Crippen molar-refractivity contribution in [2.75, 3.05) is 4.84 Å². The molecule has 0 radical (unpaired) electrons. The zero-order valence-electron chi connectivity index (χ0n) is 24.0. The highest BCUT2D eigenvalue weighted by Crippen LogP contribution is 2.30. The van der Waals surface area contributed by atoms with Gasteiger partial charge in [0.1, 0.15) is 0 Å². The average molecular weight is 625 g/mol. The summed E-state index contributed by atoms with van der Waals surface area (Å²) in [5.41, 5.74) is 10.0. The molecular formula is C38H27Cl2N5. The van der Waals surface area contributed by atoms with E-state index in [4.69, 9.17) is 26.7 Å². The third-order valence-electron chi connectivity index (χ3n) is 7.47. The van der Waals surface area contributed by atoms with E-state index in [2.05, 4.69) is 58.4 Å². The molecule has 5 aromatic carbocycles. The monoisotopic (exact) mass is 623 g/mol. The normalized spacial score (nSPS) is 10.6. The third kappa shape index (κ3) is 6.60. The van der Waals surface area contributed by atoms with Gasteiger partial charge in [-0.05, 0) is 64.7 Å². The van der Waals surface area contributed by atoms with Crippen LogP contribution in [0.1, 0.15) is 0 Å². The van der Waals surface area contributed by atoms with Crippen molar-refractivity contribution < 1.29 is 17.4 Å². The number of hydrogen-bond acceptors (Lipinski definition) is 4. The summed E-state index contributed by atoms with van der Waals surface area (Å²) in [6, 6.07) is 49.3. The van der Waals surface area contributed by atoms with E-state index >= 15 is 0 Å². The second-order valence-corrected chi connectivity index (χ2v) is 10.6. The quantitative estimate of drug-likeness (QED) is 0.213. The topological polar surface area (TPSA) is 64.8 Å². The van der Waals surface area contributed by atoms with Crippen LogP contribution in [0.15, 0.2) is 152 Å². The molecule has 0 bridgehead atoms. The number of anilines is 1. The van der Waals surface area contributed by atoms with Crippen molar-refractivity contribution in [2.24, 2.45) is 0 Å². The molecule has 2 aromatic heterocycles. The maximum Gasteiger partial charge on any atom is 0.210 e. The van der Waals surface area contributed by atoms with E-state index in [0.717, 1.165) is 55.9 Å². The molecule has 45 heavy (non-hydrogen) atoms. The van der Waals surface area contributed by atoms with Gasteiger partial charge in [-0.1, -0.05) is 97.1 Å². The van der Waals surface area contributed by atoms with Crippen molar-refractivity contribution in [3.05, 3.63) is 152 Å². The van der Waals surface area contributed by atoms with Gasteiger partial charge < -0.3 is 12.4 Å². The Bertz CT molecular complexity index is 1930. The fraction of sp³-hybridized carbons (Fsp3) is 0. The predicted octanol–water partition coefficient (Wildman–Crippen LogP) is 6.26. The molecule has 0 aliphatic carbocycles. The molecule has 5 nitrogen and oxygen atoms in total. The van der Waals surface area contributed by atoms with Crippen LogP contribution in [-0.2, 0) is 0 Å². The van der Waals surface area contributed by atoms with E-state index in [-0.39, 0.29) is 12.4 Å². The van der Waals surface area contributed by atoms with E-state index in [1.54, 1.807) is 0 Å². The Morgan fingerprint density at radius 3 is 1.33 bits per heavy atom. The number of aromatic nitrogens is 4. The minimum atomic E-state index is 0. The fourth-order valence-electron chi connectivity index (χ4n) is 5.16. The summed E-state index contributed by atoms with van der Waals surface area (Å²) >= 11 is 5.73. The van der Waals surface area contributed by atoms with Crippen molar-refractivity contribution >= 4 is 17.5 Å². The highest BCUT2D eigenvalue weighted by atomic mass is 35.5. The van der Waals surface area contributed by atoms with Crippen LogP contribution in [0.25, 0.3) is 67.7 Å². The lowest BCUT2D eigenvalue weighted by atomic mass is 10.0. The Morgan fingerprint density at radius 1 is 0.422 bits per heavy atom. The molecule has 2 heterocycles. The molecule has 0 atom stereocenters. The zero-order chi connectivity index (χ0) is 29.7. The molecule has 7 rings (SSSR count). The molecule has 0 saturated carbocycles. The summed E-state index contributed by atoms with van der Waals surface area (Å²) in [4.78, 5) is 21.0. The number of aromatic amines is 1. The van der Waals surface area contributed by atoms with Gasteiger partial charge in [0.25, 0.3) is 0 Å². The molecule has 7 aromatic rings. The van der Waals surface area contributed by atoms with Gasteiger partial charge in [-0.2, -0.15) is 0 Å². The molecule has 0 amide bonds. The molecule has 0 aliphatic rings. The summed E-state index contributed by atoms with van der Waals surface area (Å²) < 4.78 is 0. The third-order valence-corrected chi connectivity index (χ3v) is 7.69. The van der Waals surface area contributed by atoms with E-state index in [1.165, 1.54) is 0 Å². The van der Waals surface area contributed by atoms with E-state index in [1.807, 2.05) is 103 Å². The Labute approximate surface area is 273 Å². The van der Waals surface area contributed by atoms with Gasteiger partial charge in [0, 0.05) is 40.2 Å². The number of nitrogens with one attached hydrogen (secondary N) is 2. The number of pyridine rings is 1. The summed E-state index contributed by atoms with van der Waals surface area (Å²) in [5.74, 6) is 1.81. The van der Waals surface area contributed by atoms with E-state index in [9.17, 15) is 0 Å². The van der Waals surface area contributed by atoms with Crippen molar-refractivity contribution in [3.8, 4) is 67.7 Å². The van der Waals surface area contributed by atoms with Gasteiger partial charge in [-0.15, -0.1) is 0 Å². The molecule has 0 fully saturated rings. The van der Waals surface area contributed by atoms with Crippen LogP contribution in [0.5, 0.6) is 0 Å². The Balaban J connectivity index is 0.00000357. The second kappa shape index (κ2) is 13.5. The van der Waals surface area contributed by atoms with Crippen LogP contribution in [0.2, 0.25) is 0 Å². The van der Waals surface area contributed by atoms with Crippen molar-refractivity contribution in [1.82, 2.24) is 15.0 Å². The van der Waals surface area contributed by atoms with Crippen LogP contribution in [0.3, 0.4) is 0 Å². The Kier molecular flexibility index (Phi) is 8.92. The second-order valence-electron chi connectivity index (χ2n) is 10.4. The molecule has 0 aliphatic heterocycles. The number of rotatable bonds is 7. The largest absolute Gasteiger partial charge is 1.00 e. The fourth-order valence-corrected chi connectivity index (χ4v) is 5.28. The molecule has 2 N–H and O–H groups in total. The SMILES string of the molecule is ClNc1ccc(-c2ccc(-c3nc(-c4cccc(-c5ccccc5)c4)nc(-c4cccc(-c5ccccc5)c4)n3)c[nH+]2)cc1.[Cl-]. The minimum Gasteiger partial charge on any atom is -1.00 e. The summed E-state index contributed by atoms with van der Waals surface area (Å²) in [7, 11) is 0. The maximum absolute atomic E-state index is 5.73. The van der Waals surface area contributed by atoms with Crippen LogP contribution >= 0.6 is 11.8 Å². The molecule has 7 heteroatoms. The van der Waals surface area contributed by atoms with Crippen molar-refractivity contribution in [3.63, 3.8) is 0 Å². The first-order valence-electron chi connectivity index (χ1n) is 14.3. The van der Waals surface area contributed by atoms with Gasteiger partial charge in [0.15, 0.2) is 23.7 Å². The van der Waals surface area contributed by atoms with Gasteiger partial charge >= 0.3 is 0 Å². The molecular weight excluding hydrogens is 597 g/mol. The first kappa shape index (κ1) is 29.7. The highest BCUT2D eigenvalue weighted by Gasteiger charge is 2.16. The van der Waals surface area contributed by atoms with Crippen LogP contribution in [-0.4, -0.2) is 15.0 Å². The summed E-state index contributed by atoms with van der Waals surface area (Å²) in [5, 5.41) is 0. The minimum absolute atomic E-state index is 0. The van der Waals surface area contributed by atoms with Crippen molar-refractivity contribution in [2.45, 2.75) is 0 Å². The number of nitrogens with zero attached hydrogens (tertiary/aromatic N) is 3. The zero-order valence-corrected chi connectivity index (χ0v) is 25.5. The van der Waals surface area contributed by atoms with Crippen LogP contribution in [0, 0.1) is 0 Å². The Hall–Kier alpha value is -5.36. The Morgan fingerprint density at radius 2 is 0.867 bits per heavy atom. The first-order chi connectivity index (χ1) is 21.7. The lowest BCUT2D eigenvalue weighted by molar-refractivity contribution is -0.363. The van der Waals surface area contributed by atoms with Crippen LogP contribution < -0.4 is 22.2 Å². The average Bonchev–Trinajstić information content (AvgIpc) is 3.12. The molecule has 218 valence electrons. The number of halogens is 2.